The summed E-state index contributed by atoms with van der Waals surface area (Å²) in [6, 6.07) is 0.866. The van der Waals surface area contributed by atoms with E-state index >= 15 is 0 Å². The third-order valence-corrected chi connectivity index (χ3v) is 8.96. The third kappa shape index (κ3) is 4.26. The van der Waals surface area contributed by atoms with E-state index in [1.165, 1.54) is 70.6 Å². The minimum Gasteiger partial charge on any atom is -0.328 e. The van der Waals surface area contributed by atoms with E-state index < -0.39 is 0 Å². The van der Waals surface area contributed by atoms with Crippen LogP contribution in [0, 0.1) is 28.6 Å². The Hall–Kier alpha value is -0.0800. The van der Waals surface area contributed by atoms with E-state index in [0.29, 0.717) is 22.9 Å². The van der Waals surface area contributed by atoms with Gasteiger partial charge in [0, 0.05) is 12.1 Å². The molecule has 0 saturated heterocycles. The standard InChI is InChI=1S/C23H46N2/c1-6-22(5,7-2)21(17-10-13-19(24)14-11-17)18-12-15-20(25)23(8-3,9-4)16-18/h17-21H,6-16,24-25H2,1-5H3. The second-order valence-corrected chi connectivity index (χ2v) is 9.78. The summed E-state index contributed by atoms with van der Waals surface area (Å²) in [5.41, 5.74) is 13.8. The zero-order chi connectivity index (χ0) is 18.7. The van der Waals surface area contributed by atoms with Gasteiger partial charge in [-0.1, -0.05) is 47.5 Å². The molecular weight excluding hydrogens is 304 g/mol. The molecule has 0 heterocycles. The van der Waals surface area contributed by atoms with Crippen LogP contribution in [0.5, 0.6) is 0 Å². The quantitative estimate of drug-likeness (QED) is 0.602. The lowest BCUT2D eigenvalue weighted by Crippen LogP contribution is -2.50. The number of rotatable bonds is 7. The average molecular weight is 351 g/mol. The van der Waals surface area contributed by atoms with E-state index in [1.807, 2.05) is 0 Å². The highest BCUT2D eigenvalue weighted by Crippen LogP contribution is 2.55. The first-order valence-electron chi connectivity index (χ1n) is 11.4. The predicted molar refractivity (Wildman–Crippen MR) is 110 cm³/mol. The molecule has 25 heavy (non-hydrogen) atoms. The maximum absolute atomic E-state index is 6.65. The van der Waals surface area contributed by atoms with Gasteiger partial charge in [0.05, 0.1) is 0 Å². The summed E-state index contributed by atoms with van der Waals surface area (Å²) in [6.45, 7) is 12.2. The predicted octanol–water partition coefficient (Wildman–Crippen LogP) is 5.88. The van der Waals surface area contributed by atoms with Crippen molar-refractivity contribution < 1.29 is 0 Å². The van der Waals surface area contributed by atoms with Crippen molar-refractivity contribution in [3.8, 4) is 0 Å². The van der Waals surface area contributed by atoms with Crippen LogP contribution >= 0.6 is 0 Å². The topological polar surface area (TPSA) is 52.0 Å². The van der Waals surface area contributed by atoms with Gasteiger partial charge in [-0.3, -0.25) is 0 Å². The normalized spacial score (nSPS) is 34.7. The van der Waals surface area contributed by atoms with Crippen molar-refractivity contribution >= 4 is 0 Å². The van der Waals surface area contributed by atoms with Gasteiger partial charge in [0.25, 0.3) is 0 Å². The summed E-state index contributed by atoms with van der Waals surface area (Å²) >= 11 is 0. The molecule has 148 valence electrons. The van der Waals surface area contributed by atoms with Crippen LogP contribution in [0.25, 0.3) is 0 Å². The van der Waals surface area contributed by atoms with Crippen LogP contribution in [-0.4, -0.2) is 12.1 Å². The SMILES string of the molecule is CCC(C)(CC)C(C1CCC(N)CC1)C1CCC(N)C(CC)(CC)C1. The molecule has 2 heteroatoms. The molecule has 0 radical (unpaired) electrons. The minimum absolute atomic E-state index is 0.384. The molecule has 2 aliphatic rings. The molecule has 0 bridgehead atoms. The van der Waals surface area contributed by atoms with Crippen LogP contribution in [0.3, 0.4) is 0 Å². The summed E-state index contributed by atoms with van der Waals surface area (Å²) in [5, 5.41) is 0. The Labute approximate surface area is 157 Å². The van der Waals surface area contributed by atoms with E-state index in [-0.39, 0.29) is 0 Å². The maximum atomic E-state index is 6.65. The Morgan fingerprint density at radius 1 is 0.840 bits per heavy atom. The third-order valence-electron chi connectivity index (χ3n) is 8.96. The van der Waals surface area contributed by atoms with Crippen LogP contribution in [0.2, 0.25) is 0 Å². The summed E-state index contributed by atoms with van der Waals surface area (Å²) < 4.78 is 0. The summed E-state index contributed by atoms with van der Waals surface area (Å²) in [5.74, 6) is 2.61. The van der Waals surface area contributed by atoms with Crippen molar-refractivity contribution in [1.82, 2.24) is 0 Å². The maximum Gasteiger partial charge on any atom is 0.00955 e. The van der Waals surface area contributed by atoms with Gasteiger partial charge in [0.1, 0.15) is 0 Å². The Morgan fingerprint density at radius 2 is 1.36 bits per heavy atom. The van der Waals surface area contributed by atoms with Gasteiger partial charge in [0.2, 0.25) is 0 Å². The van der Waals surface area contributed by atoms with Crippen molar-refractivity contribution in [3.63, 3.8) is 0 Å². The molecule has 2 aliphatic carbocycles. The molecule has 3 atom stereocenters. The molecule has 0 aromatic rings. The van der Waals surface area contributed by atoms with Crippen molar-refractivity contribution in [1.29, 1.82) is 0 Å². The molecule has 2 rings (SSSR count). The smallest absolute Gasteiger partial charge is 0.00955 e. The van der Waals surface area contributed by atoms with Crippen LogP contribution in [0.1, 0.15) is 105 Å². The molecule has 3 unspecified atom stereocenters. The van der Waals surface area contributed by atoms with Gasteiger partial charge in [-0.2, -0.15) is 0 Å². The number of hydrogen-bond donors (Lipinski definition) is 2. The van der Waals surface area contributed by atoms with Crippen LogP contribution in [0.4, 0.5) is 0 Å². The Kier molecular flexibility index (Phi) is 7.42. The van der Waals surface area contributed by atoms with E-state index in [1.54, 1.807) is 0 Å². The lowest BCUT2D eigenvalue weighted by atomic mass is 9.53. The fourth-order valence-electron chi connectivity index (χ4n) is 6.59. The van der Waals surface area contributed by atoms with Gasteiger partial charge >= 0.3 is 0 Å². The minimum atomic E-state index is 0.384. The monoisotopic (exact) mass is 350 g/mol. The molecule has 2 fully saturated rings. The Morgan fingerprint density at radius 3 is 1.84 bits per heavy atom. The molecule has 2 nitrogen and oxygen atoms in total. The van der Waals surface area contributed by atoms with E-state index in [9.17, 15) is 0 Å². The largest absolute Gasteiger partial charge is 0.328 e. The van der Waals surface area contributed by atoms with Crippen molar-refractivity contribution in [2.24, 2.45) is 40.1 Å². The molecule has 4 N–H and O–H groups in total. The van der Waals surface area contributed by atoms with Gasteiger partial charge in [-0.25, -0.2) is 0 Å². The molecule has 0 spiro atoms. The molecule has 2 saturated carbocycles. The molecule has 0 amide bonds. The molecule has 0 aromatic carbocycles. The zero-order valence-corrected chi connectivity index (χ0v) is 17.8. The van der Waals surface area contributed by atoms with Gasteiger partial charge in [0.15, 0.2) is 0 Å². The second-order valence-electron chi connectivity index (χ2n) is 9.78. The highest BCUT2D eigenvalue weighted by atomic mass is 14.7. The zero-order valence-electron chi connectivity index (χ0n) is 17.8. The first-order valence-corrected chi connectivity index (χ1v) is 11.4. The van der Waals surface area contributed by atoms with Crippen LogP contribution in [-0.2, 0) is 0 Å². The highest BCUT2D eigenvalue weighted by Gasteiger charge is 2.48. The second kappa shape index (κ2) is 8.74. The van der Waals surface area contributed by atoms with Gasteiger partial charge < -0.3 is 11.5 Å². The molecule has 0 aliphatic heterocycles. The van der Waals surface area contributed by atoms with Gasteiger partial charge in [-0.05, 0) is 86.4 Å². The van der Waals surface area contributed by atoms with Crippen molar-refractivity contribution in [2.45, 2.75) is 117 Å². The first kappa shape index (κ1) is 21.2. The summed E-state index contributed by atoms with van der Waals surface area (Å²) in [7, 11) is 0. The number of nitrogens with two attached hydrogens (primary N) is 2. The van der Waals surface area contributed by atoms with E-state index in [2.05, 4.69) is 34.6 Å². The Balaban J connectivity index is 2.28. The van der Waals surface area contributed by atoms with Crippen molar-refractivity contribution in [2.75, 3.05) is 0 Å². The summed E-state index contributed by atoms with van der Waals surface area (Å²) in [6.07, 6.45) is 14.3. The fraction of sp³-hybridized carbons (Fsp3) is 1.00. The lowest BCUT2D eigenvalue weighted by molar-refractivity contribution is -0.0238. The summed E-state index contributed by atoms with van der Waals surface area (Å²) in [4.78, 5) is 0. The number of hydrogen-bond acceptors (Lipinski definition) is 2. The van der Waals surface area contributed by atoms with E-state index in [4.69, 9.17) is 11.5 Å². The molecule has 0 aromatic heterocycles. The lowest BCUT2D eigenvalue weighted by Gasteiger charge is -2.53. The van der Waals surface area contributed by atoms with E-state index in [0.717, 1.165) is 17.8 Å². The first-order chi connectivity index (χ1) is 11.9. The fourth-order valence-corrected chi connectivity index (χ4v) is 6.59. The highest BCUT2D eigenvalue weighted by molar-refractivity contribution is 5.00. The average Bonchev–Trinajstić information content (AvgIpc) is 2.64. The van der Waals surface area contributed by atoms with Crippen LogP contribution in [0.15, 0.2) is 0 Å². The molecular formula is C23H46N2. The Bertz CT molecular complexity index is 389. The van der Waals surface area contributed by atoms with Crippen molar-refractivity contribution in [3.05, 3.63) is 0 Å². The van der Waals surface area contributed by atoms with Gasteiger partial charge in [-0.15, -0.1) is 0 Å². The van der Waals surface area contributed by atoms with Crippen LogP contribution < -0.4 is 11.5 Å².